The molecule has 1 heterocycles. The molecule has 1 aromatic rings. The topological polar surface area (TPSA) is 8.88 Å². The van der Waals surface area contributed by atoms with E-state index in [2.05, 4.69) is 57.4 Å². The van der Waals surface area contributed by atoms with Gasteiger partial charge in [-0.1, -0.05) is 36.4 Å². The van der Waals surface area contributed by atoms with Crippen molar-refractivity contribution in [3.63, 3.8) is 0 Å². The fraction of sp³-hybridized carbons (Fsp3) is 0.529. The molecule has 1 aliphatic rings. The Kier molecular flexibility index (Phi) is 5.17. The lowest BCUT2D eigenvalue weighted by Gasteiger charge is -2.30. The van der Waals surface area contributed by atoms with E-state index in [1.54, 1.807) is 9.80 Å². The minimum absolute atomic E-state index is 0.850. The van der Waals surface area contributed by atoms with E-state index in [-0.39, 0.29) is 0 Å². The van der Waals surface area contributed by atoms with Crippen molar-refractivity contribution in [2.24, 2.45) is 0 Å². The molecule has 0 bridgehead atoms. The van der Waals surface area contributed by atoms with Gasteiger partial charge in [0.25, 0.3) is 0 Å². The van der Waals surface area contributed by atoms with Crippen molar-refractivity contribution in [1.29, 1.82) is 0 Å². The number of likely N-dealkylation sites (N-methyl/N-ethyl adjacent to an activating group) is 1. The first kappa shape index (κ1) is 14.3. The summed E-state index contributed by atoms with van der Waals surface area (Å²) in [6.07, 6.45) is 5.07. The molecule has 1 atom stereocenters. The van der Waals surface area contributed by atoms with Gasteiger partial charge in [0.2, 0.25) is 0 Å². The highest BCUT2D eigenvalue weighted by Crippen LogP contribution is 2.05. The molecule has 2 nitrogen and oxygen atoms in total. The quantitative estimate of drug-likeness (QED) is 0.770. The second-order valence-corrected chi connectivity index (χ2v) is 6.16. The van der Waals surface area contributed by atoms with Gasteiger partial charge in [0.1, 0.15) is 0 Å². The molecule has 0 radical (unpaired) electrons. The molecule has 1 saturated heterocycles. The summed E-state index contributed by atoms with van der Waals surface area (Å²) in [6.45, 7) is 6.10. The first-order chi connectivity index (χ1) is 9.15. The average Bonchev–Trinajstić information content (AvgIpc) is 2.40. The van der Waals surface area contributed by atoms with E-state index in [4.69, 9.17) is 0 Å². The van der Waals surface area contributed by atoms with Gasteiger partial charge >= 0.3 is 0 Å². The average molecular weight is 260 g/mol. The van der Waals surface area contributed by atoms with Gasteiger partial charge in [0.05, 0.1) is 39.8 Å². The van der Waals surface area contributed by atoms with Gasteiger partial charge in [-0.3, -0.25) is 0 Å². The number of nitrogens with one attached hydrogen (secondary N) is 2. The van der Waals surface area contributed by atoms with E-state index in [9.17, 15) is 0 Å². The van der Waals surface area contributed by atoms with E-state index in [0.29, 0.717) is 0 Å². The molecule has 1 unspecified atom stereocenters. The maximum Gasteiger partial charge on any atom is 0.0988 e. The van der Waals surface area contributed by atoms with Gasteiger partial charge in [0, 0.05) is 12.8 Å². The Hall–Kier alpha value is -1.12. The monoisotopic (exact) mass is 260 g/mol. The molecule has 0 aliphatic carbocycles. The second-order valence-electron chi connectivity index (χ2n) is 6.16. The Labute approximate surface area is 117 Å². The van der Waals surface area contributed by atoms with Crippen molar-refractivity contribution in [3.05, 3.63) is 41.5 Å². The van der Waals surface area contributed by atoms with Crippen LogP contribution in [-0.4, -0.2) is 39.8 Å². The van der Waals surface area contributed by atoms with Crippen molar-refractivity contribution < 1.29 is 9.80 Å². The minimum Gasteiger partial charge on any atom is -0.337 e. The van der Waals surface area contributed by atoms with Gasteiger partial charge in [-0.2, -0.15) is 0 Å². The lowest BCUT2D eigenvalue weighted by molar-refractivity contribution is -0.936. The number of hydrogen-bond donors (Lipinski definition) is 2. The highest BCUT2D eigenvalue weighted by atomic mass is 15.2. The molecule has 19 heavy (non-hydrogen) atoms. The van der Waals surface area contributed by atoms with Gasteiger partial charge in [-0.25, -0.2) is 0 Å². The molecule has 1 fully saturated rings. The standard InChI is InChI=1S/C17H26N2/c1-15(13-16-7-5-4-6-8-16)14-19(3)17-9-11-18(2)12-10-17/h4-8,13,17H,9-12,14H2,1-3H3/p+2/b15-13+. The van der Waals surface area contributed by atoms with Crippen molar-refractivity contribution in [1.82, 2.24) is 0 Å². The Morgan fingerprint density at radius 3 is 2.53 bits per heavy atom. The van der Waals surface area contributed by atoms with Crippen molar-refractivity contribution in [3.8, 4) is 0 Å². The minimum atomic E-state index is 0.850. The molecule has 2 rings (SSSR count). The normalized spacial score (nSPS) is 26.2. The summed E-state index contributed by atoms with van der Waals surface area (Å²) in [5.74, 6) is 0. The summed E-state index contributed by atoms with van der Waals surface area (Å²) in [5.41, 5.74) is 2.80. The van der Waals surface area contributed by atoms with Gasteiger partial charge < -0.3 is 9.80 Å². The van der Waals surface area contributed by atoms with Crippen molar-refractivity contribution >= 4 is 6.08 Å². The molecule has 0 amide bonds. The molecule has 2 heteroatoms. The molecule has 2 N–H and O–H groups in total. The Bertz CT molecular complexity index is 403. The number of rotatable bonds is 4. The van der Waals surface area contributed by atoms with Crippen LogP contribution in [0.4, 0.5) is 0 Å². The maximum atomic E-state index is 2.35. The fourth-order valence-electron chi connectivity index (χ4n) is 3.07. The summed E-state index contributed by atoms with van der Waals surface area (Å²) < 4.78 is 0. The molecule has 104 valence electrons. The molecule has 1 aromatic carbocycles. The number of hydrogen-bond acceptors (Lipinski definition) is 0. The molecule has 1 aliphatic heterocycles. The number of benzene rings is 1. The van der Waals surface area contributed by atoms with Crippen LogP contribution in [0.25, 0.3) is 6.08 Å². The van der Waals surface area contributed by atoms with Gasteiger partial charge in [-0.05, 0) is 18.1 Å². The van der Waals surface area contributed by atoms with Crippen LogP contribution >= 0.6 is 0 Å². The maximum absolute atomic E-state index is 2.35. The summed E-state index contributed by atoms with van der Waals surface area (Å²) in [5, 5.41) is 0. The smallest absolute Gasteiger partial charge is 0.0988 e. The number of likely N-dealkylation sites (tertiary alicyclic amines) is 1. The third kappa shape index (κ3) is 4.48. The molecule has 0 spiro atoms. The van der Waals surface area contributed by atoms with E-state index in [1.807, 2.05) is 0 Å². The highest BCUT2D eigenvalue weighted by molar-refractivity contribution is 5.52. The van der Waals surface area contributed by atoms with Crippen LogP contribution in [0.15, 0.2) is 35.9 Å². The summed E-state index contributed by atoms with van der Waals surface area (Å²) in [7, 11) is 4.67. The van der Waals surface area contributed by atoms with Crippen LogP contribution in [-0.2, 0) is 0 Å². The van der Waals surface area contributed by atoms with E-state index in [0.717, 1.165) is 6.04 Å². The Morgan fingerprint density at radius 1 is 1.26 bits per heavy atom. The zero-order valence-corrected chi connectivity index (χ0v) is 12.6. The van der Waals surface area contributed by atoms with Crippen LogP contribution in [0.5, 0.6) is 0 Å². The van der Waals surface area contributed by atoms with Crippen molar-refractivity contribution in [2.45, 2.75) is 25.8 Å². The fourth-order valence-corrected chi connectivity index (χ4v) is 3.07. The molecular formula is C17H28N2+2. The Balaban J connectivity index is 1.88. The number of piperidine rings is 1. The summed E-state index contributed by atoms with van der Waals surface area (Å²) >= 11 is 0. The van der Waals surface area contributed by atoms with Crippen LogP contribution < -0.4 is 9.80 Å². The zero-order valence-electron chi connectivity index (χ0n) is 12.6. The first-order valence-electron chi connectivity index (χ1n) is 7.51. The summed E-state index contributed by atoms with van der Waals surface area (Å²) in [4.78, 5) is 3.37. The lowest BCUT2D eigenvalue weighted by Crippen LogP contribution is -3.18. The largest absolute Gasteiger partial charge is 0.337 e. The van der Waals surface area contributed by atoms with Crippen molar-refractivity contribution in [2.75, 3.05) is 33.7 Å². The predicted octanol–water partition coefficient (Wildman–Crippen LogP) is 0.282. The van der Waals surface area contributed by atoms with Gasteiger partial charge in [-0.15, -0.1) is 0 Å². The van der Waals surface area contributed by atoms with Crippen LogP contribution in [0.1, 0.15) is 25.3 Å². The first-order valence-corrected chi connectivity index (χ1v) is 7.51. The Morgan fingerprint density at radius 2 is 1.89 bits per heavy atom. The number of quaternary nitrogens is 2. The van der Waals surface area contributed by atoms with Crippen LogP contribution in [0, 0.1) is 0 Å². The molecule has 0 aromatic heterocycles. The highest BCUT2D eigenvalue weighted by Gasteiger charge is 2.25. The third-order valence-electron chi connectivity index (χ3n) is 4.31. The van der Waals surface area contributed by atoms with Gasteiger partial charge in [0.15, 0.2) is 0 Å². The SMILES string of the molecule is C/C(=C\c1ccccc1)C[NH+](C)C1CC[NH+](C)CC1. The second kappa shape index (κ2) is 6.88. The third-order valence-corrected chi connectivity index (χ3v) is 4.31. The summed E-state index contributed by atoms with van der Waals surface area (Å²) in [6, 6.07) is 11.5. The predicted molar refractivity (Wildman–Crippen MR) is 81.5 cm³/mol. The van der Waals surface area contributed by atoms with E-state index in [1.165, 1.54) is 43.6 Å². The van der Waals surface area contributed by atoms with Crippen LogP contribution in [0.2, 0.25) is 0 Å². The van der Waals surface area contributed by atoms with Crippen LogP contribution in [0.3, 0.4) is 0 Å². The van der Waals surface area contributed by atoms with E-state index >= 15 is 0 Å². The zero-order chi connectivity index (χ0) is 13.7. The van der Waals surface area contributed by atoms with E-state index < -0.39 is 0 Å². The molecule has 0 saturated carbocycles. The molecular weight excluding hydrogens is 232 g/mol. The lowest BCUT2D eigenvalue weighted by atomic mass is 10.0.